The van der Waals surface area contributed by atoms with Crippen molar-refractivity contribution in [2.24, 2.45) is 0 Å². The molecule has 1 N–H and O–H groups in total. The first-order chi connectivity index (χ1) is 15.7. The van der Waals surface area contributed by atoms with Gasteiger partial charge in [0, 0.05) is 11.3 Å². The second-order valence-corrected chi connectivity index (χ2v) is 6.98. The molecule has 8 heteroatoms. The lowest BCUT2D eigenvalue weighted by atomic mass is 10.0. The maximum absolute atomic E-state index is 12.9. The number of nitrogens with one attached hydrogen (secondary N) is 1. The van der Waals surface area contributed by atoms with Crippen LogP contribution in [0.5, 0.6) is 11.5 Å². The van der Waals surface area contributed by atoms with Crippen molar-refractivity contribution in [2.75, 3.05) is 18.5 Å². The Labute approximate surface area is 191 Å². The van der Waals surface area contributed by atoms with E-state index >= 15 is 0 Å². The molecule has 0 aliphatic heterocycles. The summed E-state index contributed by atoms with van der Waals surface area (Å²) in [5.41, 5.74) is 0.0327. The van der Waals surface area contributed by atoms with Crippen molar-refractivity contribution < 1.29 is 27.4 Å². The predicted molar refractivity (Wildman–Crippen MR) is 121 cm³/mol. The van der Waals surface area contributed by atoms with Gasteiger partial charge in [0.15, 0.2) is 11.5 Å². The van der Waals surface area contributed by atoms with Gasteiger partial charge in [-0.1, -0.05) is 19.1 Å². The summed E-state index contributed by atoms with van der Waals surface area (Å²) < 4.78 is 50.3. The molecule has 0 aliphatic rings. The maximum atomic E-state index is 12.9. The van der Waals surface area contributed by atoms with Crippen LogP contribution in [0.3, 0.4) is 0 Å². The van der Waals surface area contributed by atoms with Crippen LogP contribution in [-0.4, -0.2) is 19.1 Å². The summed E-state index contributed by atoms with van der Waals surface area (Å²) in [6, 6.07) is 9.41. The largest absolute Gasteiger partial charge is 0.490 e. The number of anilines is 1. The number of halogens is 3. The summed E-state index contributed by atoms with van der Waals surface area (Å²) in [5.74, 6) is 0.209. The van der Waals surface area contributed by atoms with E-state index in [1.165, 1.54) is 18.2 Å². The van der Waals surface area contributed by atoms with E-state index in [0.29, 0.717) is 36.7 Å². The van der Waals surface area contributed by atoms with Crippen molar-refractivity contribution in [2.45, 2.75) is 32.9 Å². The highest BCUT2D eigenvalue weighted by molar-refractivity contribution is 6.09. The molecule has 0 aromatic heterocycles. The fourth-order valence-electron chi connectivity index (χ4n) is 2.99. The highest BCUT2D eigenvalue weighted by Gasteiger charge is 2.30. The van der Waals surface area contributed by atoms with Crippen molar-refractivity contribution >= 4 is 17.7 Å². The zero-order valence-corrected chi connectivity index (χ0v) is 18.5. The number of nitriles is 1. The Morgan fingerprint density at radius 2 is 1.97 bits per heavy atom. The van der Waals surface area contributed by atoms with Crippen LogP contribution in [0.4, 0.5) is 18.9 Å². The van der Waals surface area contributed by atoms with Crippen LogP contribution in [0.15, 0.2) is 54.6 Å². The number of carbonyl (C=O) groups excluding carboxylic acids is 1. The van der Waals surface area contributed by atoms with Gasteiger partial charge in [0.25, 0.3) is 5.91 Å². The van der Waals surface area contributed by atoms with Crippen LogP contribution in [-0.2, 0) is 17.4 Å². The number of benzene rings is 2. The molecule has 0 aliphatic carbocycles. The highest BCUT2D eigenvalue weighted by atomic mass is 19.4. The number of hydrogen-bond acceptors (Lipinski definition) is 4. The Kier molecular flexibility index (Phi) is 9.10. The third-order valence-electron chi connectivity index (χ3n) is 4.39. The summed E-state index contributed by atoms with van der Waals surface area (Å²) in [6.45, 7) is 8.42. The molecule has 2 rings (SSSR count). The molecule has 174 valence electrons. The highest BCUT2D eigenvalue weighted by Crippen LogP contribution is 2.35. The maximum Gasteiger partial charge on any atom is 0.416 e. The molecule has 0 bridgehead atoms. The fraction of sp³-hybridized carbons (Fsp3) is 0.280. The van der Waals surface area contributed by atoms with Crippen LogP contribution < -0.4 is 14.8 Å². The van der Waals surface area contributed by atoms with E-state index in [9.17, 15) is 23.2 Å². The molecule has 0 radical (unpaired) electrons. The molecule has 0 saturated carbocycles. The van der Waals surface area contributed by atoms with Gasteiger partial charge in [-0.25, -0.2) is 0 Å². The molecular formula is C25H25F3N2O3. The average molecular weight is 458 g/mol. The van der Waals surface area contributed by atoms with E-state index in [1.807, 2.05) is 13.8 Å². The molecule has 0 heterocycles. The smallest absolute Gasteiger partial charge is 0.416 e. The number of amides is 1. The van der Waals surface area contributed by atoms with Crippen LogP contribution in [0.1, 0.15) is 37.0 Å². The number of nitrogens with zero attached hydrogens (tertiary/aromatic N) is 1. The third kappa shape index (κ3) is 7.14. The van der Waals surface area contributed by atoms with Crippen molar-refractivity contribution in [3.05, 3.63) is 71.3 Å². The third-order valence-corrected chi connectivity index (χ3v) is 4.39. The fourth-order valence-corrected chi connectivity index (χ4v) is 2.99. The molecule has 5 nitrogen and oxygen atoms in total. The Bertz CT molecular complexity index is 1070. The molecule has 2 aromatic rings. The van der Waals surface area contributed by atoms with Gasteiger partial charge in [0.2, 0.25) is 0 Å². The lowest BCUT2D eigenvalue weighted by Crippen LogP contribution is -2.14. The topological polar surface area (TPSA) is 71.4 Å². The van der Waals surface area contributed by atoms with E-state index in [0.717, 1.165) is 24.1 Å². The van der Waals surface area contributed by atoms with Crippen molar-refractivity contribution in [3.8, 4) is 17.6 Å². The summed E-state index contributed by atoms with van der Waals surface area (Å²) >= 11 is 0. The molecule has 0 spiro atoms. The van der Waals surface area contributed by atoms with E-state index in [1.54, 1.807) is 24.3 Å². The number of rotatable bonds is 10. The standard InChI is InChI=1S/C25H25F3N2O3/c1-4-8-18-12-17(14-22(32-6-3)23(18)33-11-5-2)13-19(16-29)24(31)30-21-10-7-9-20(15-21)25(26,27)28/h4,7,9-10,12-15H,1,5-6,8,11H2,2-3H3,(H,30,31)/b19-13+. The molecule has 0 unspecified atom stereocenters. The Hall–Kier alpha value is -3.73. The normalized spacial score (nSPS) is 11.5. The van der Waals surface area contributed by atoms with Crippen LogP contribution in [0, 0.1) is 11.3 Å². The van der Waals surface area contributed by atoms with Crippen molar-refractivity contribution in [1.29, 1.82) is 5.26 Å². The van der Waals surface area contributed by atoms with Gasteiger partial charge in [-0.15, -0.1) is 6.58 Å². The van der Waals surface area contributed by atoms with Crippen LogP contribution in [0.25, 0.3) is 6.08 Å². The van der Waals surface area contributed by atoms with Gasteiger partial charge in [-0.3, -0.25) is 4.79 Å². The van der Waals surface area contributed by atoms with Gasteiger partial charge in [0.1, 0.15) is 11.6 Å². The first-order valence-electron chi connectivity index (χ1n) is 10.4. The summed E-state index contributed by atoms with van der Waals surface area (Å²) in [6.07, 6.45) is -0.230. The van der Waals surface area contributed by atoms with Crippen molar-refractivity contribution in [1.82, 2.24) is 0 Å². The minimum atomic E-state index is -4.55. The molecule has 33 heavy (non-hydrogen) atoms. The van der Waals surface area contributed by atoms with E-state index in [-0.39, 0.29) is 11.3 Å². The first-order valence-corrected chi connectivity index (χ1v) is 10.4. The number of carbonyl (C=O) groups is 1. The van der Waals surface area contributed by atoms with E-state index in [4.69, 9.17) is 9.47 Å². The van der Waals surface area contributed by atoms with Gasteiger partial charge in [-0.2, -0.15) is 18.4 Å². The Balaban J connectivity index is 2.40. The summed E-state index contributed by atoms with van der Waals surface area (Å²) in [5, 5.41) is 11.8. The lowest BCUT2D eigenvalue weighted by Gasteiger charge is -2.16. The van der Waals surface area contributed by atoms with Crippen LogP contribution in [0.2, 0.25) is 0 Å². The number of alkyl halides is 3. The average Bonchev–Trinajstić information content (AvgIpc) is 2.77. The molecule has 1 amide bonds. The zero-order valence-electron chi connectivity index (χ0n) is 18.5. The van der Waals surface area contributed by atoms with Crippen molar-refractivity contribution in [3.63, 3.8) is 0 Å². The van der Waals surface area contributed by atoms with Gasteiger partial charge in [0.05, 0.1) is 18.8 Å². The summed E-state index contributed by atoms with van der Waals surface area (Å²) in [7, 11) is 0. The van der Waals surface area contributed by atoms with Gasteiger partial charge in [-0.05, 0) is 61.7 Å². The van der Waals surface area contributed by atoms with Crippen LogP contribution >= 0.6 is 0 Å². The predicted octanol–water partition coefficient (Wildman–Crippen LogP) is 6.17. The lowest BCUT2D eigenvalue weighted by molar-refractivity contribution is -0.137. The zero-order chi connectivity index (χ0) is 24.4. The quantitative estimate of drug-likeness (QED) is 0.263. The minimum absolute atomic E-state index is 0.0679. The molecule has 0 atom stereocenters. The first kappa shape index (κ1) is 25.5. The molecule has 2 aromatic carbocycles. The molecular weight excluding hydrogens is 433 g/mol. The van der Waals surface area contributed by atoms with Gasteiger partial charge < -0.3 is 14.8 Å². The monoisotopic (exact) mass is 458 g/mol. The SMILES string of the molecule is C=CCc1cc(/C=C(\C#N)C(=O)Nc2cccc(C(F)(F)F)c2)cc(OCC)c1OCCC. The number of ether oxygens (including phenoxy) is 2. The summed E-state index contributed by atoms with van der Waals surface area (Å²) in [4.78, 5) is 12.6. The van der Waals surface area contributed by atoms with Gasteiger partial charge >= 0.3 is 6.18 Å². The molecule has 0 saturated heterocycles. The second kappa shape index (κ2) is 11.8. The minimum Gasteiger partial charge on any atom is -0.490 e. The number of allylic oxidation sites excluding steroid dienone is 1. The Morgan fingerprint density at radius 3 is 2.58 bits per heavy atom. The van der Waals surface area contributed by atoms with E-state index < -0.39 is 17.6 Å². The second-order valence-electron chi connectivity index (χ2n) is 6.98. The number of hydrogen-bond donors (Lipinski definition) is 1. The van der Waals surface area contributed by atoms with E-state index in [2.05, 4.69) is 11.9 Å². The molecule has 0 fully saturated rings. The Morgan fingerprint density at radius 1 is 1.21 bits per heavy atom.